The molecular formula is C17H22N4O. The van der Waals surface area contributed by atoms with Gasteiger partial charge in [0.25, 0.3) is 5.91 Å². The summed E-state index contributed by atoms with van der Waals surface area (Å²) in [6.07, 6.45) is 4.01. The molecule has 22 heavy (non-hydrogen) atoms. The van der Waals surface area contributed by atoms with E-state index >= 15 is 0 Å². The van der Waals surface area contributed by atoms with Crippen LogP contribution in [0.3, 0.4) is 0 Å². The van der Waals surface area contributed by atoms with Crippen molar-refractivity contribution in [2.24, 2.45) is 0 Å². The Morgan fingerprint density at radius 1 is 1.23 bits per heavy atom. The quantitative estimate of drug-likeness (QED) is 0.889. The highest BCUT2D eigenvalue weighted by Gasteiger charge is 2.10. The molecule has 1 aromatic carbocycles. The smallest absolute Gasteiger partial charge is 0.254 e. The topological polar surface area (TPSA) is 66.9 Å². The molecule has 0 aliphatic carbocycles. The highest BCUT2D eigenvalue weighted by molar-refractivity contribution is 5.93. The molecule has 1 aromatic heterocycles. The van der Waals surface area contributed by atoms with Crippen molar-refractivity contribution in [2.75, 3.05) is 5.32 Å². The molecule has 116 valence electrons. The van der Waals surface area contributed by atoms with Crippen LogP contribution >= 0.6 is 0 Å². The number of rotatable bonds is 5. The number of benzene rings is 1. The number of nitrogens with one attached hydrogen (secondary N) is 2. The zero-order valence-corrected chi connectivity index (χ0v) is 13.5. The Bertz CT molecular complexity index is 650. The van der Waals surface area contributed by atoms with Crippen LogP contribution in [0.4, 0.5) is 11.6 Å². The van der Waals surface area contributed by atoms with Crippen LogP contribution in [0.15, 0.2) is 30.6 Å². The molecule has 0 saturated carbocycles. The van der Waals surface area contributed by atoms with Gasteiger partial charge in [0.1, 0.15) is 0 Å². The molecule has 0 aliphatic heterocycles. The molecule has 0 unspecified atom stereocenters. The van der Waals surface area contributed by atoms with E-state index < -0.39 is 0 Å². The molecule has 1 amide bonds. The van der Waals surface area contributed by atoms with Gasteiger partial charge in [-0.15, -0.1) is 0 Å². The Hall–Kier alpha value is -2.43. The van der Waals surface area contributed by atoms with Crippen molar-refractivity contribution in [1.82, 2.24) is 15.3 Å². The summed E-state index contributed by atoms with van der Waals surface area (Å²) in [5.74, 6) is 0.330. The SMILES string of the molecule is CCc1cccc(C)c1Nc1ncc(C(=O)NC(C)C)cn1. The maximum Gasteiger partial charge on any atom is 0.254 e. The van der Waals surface area contributed by atoms with Crippen LogP contribution in [0.2, 0.25) is 0 Å². The fourth-order valence-corrected chi connectivity index (χ4v) is 2.17. The van der Waals surface area contributed by atoms with Gasteiger partial charge < -0.3 is 10.6 Å². The fraction of sp³-hybridized carbons (Fsp3) is 0.353. The standard InChI is InChI=1S/C17H22N4O/c1-5-13-8-6-7-12(4)15(13)21-17-18-9-14(10-19-17)16(22)20-11(2)3/h6-11H,5H2,1-4H3,(H,20,22)(H,18,19,21). The molecule has 0 radical (unpaired) electrons. The molecule has 0 atom stereocenters. The van der Waals surface area contributed by atoms with Crippen molar-refractivity contribution < 1.29 is 4.79 Å². The molecular weight excluding hydrogens is 276 g/mol. The average Bonchev–Trinajstić information content (AvgIpc) is 2.49. The van der Waals surface area contributed by atoms with Gasteiger partial charge in [-0.25, -0.2) is 9.97 Å². The van der Waals surface area contributed by atoms with Crippen molar-refractivity contribution in [3.8, 4) is 0 Å². The van der Waals surface area contributed by atoms with Crippen LogP contribution < -0.4 is 10.6 Å². The van der Waals surface area contributed by atoms with E-state index in [2.05, 4.69) is 33.6 Å². The summed E-state index contributed by atoms with van der Waals surface area (Å²) in [7, 11) is 0. The lowest BCUT2D eigenvalue weighted by molar-refractivity contribution is 0.0942. The Balaban J connectivity index is 2.17. The van der Waals surface area contributed by atoms with Crippen molar-refractivity contribution in [3.63, 3.8) is 0 Å². The molecule has 1 heterocycles. The van der Waals surface area contributed by atoms with E-state index in [9.17, 15) is 4.79 Å². The average molecular weight is 298 g/mol. The van der Waals surface area contributed by atoms with Crippen molar-refractivity contribution in [2.45, 2.75) is 40.2 Å². The van der Waals surface area contributed by atoms with Gasteiger partial charge in [-0.1, -0.05) is 25.1 Å². The zero-order chi connectivity index (χ0) is 16.1. The molecule has 2 rings (SSSR count). The number of carbonyl (C=O) groups excluding carboxylic acids is 1. The first-order valence-corrected chi connectivity index (χ1v) is 7.49. The molecule has 2 N–H and O–H groups in total. The molecule has 0 spiro atoms. The second-order valence-corrected chi connectivity index (χ2v) is 5.51. The summed E-state index contributed by atoms with van der Waals surface area (Å²) in [5.41, 5.74) is 3.85. The molecule has 5 nitrogen and oxygen atoms in total. The number of carbonyl (C=O) groups is 1. The second-order valence-electron chi connectivity index (χ2n) is 5.51. The lowest BCUT2D eigenvalue weighted by Crippen LogP contribution is -2.30. The molecule has 0 bridgehead atoms. The third-order valence-electron chi connectivity index (χ3n) is 3.31. The van der Waals surface area contributed by atoms with E-state index in [-0.39, 0.29) is 11.9 Å². The highest BCUT2D eigenvalue weighted by Crippen LogP contribution is 2.23. The molecule has 2 aromatic rings. The summed E-state index contributed by atoms with van der Waals surface area (Å²) >= 11 is 0. The first kappa shape index (κ1) is 15.9. The maximum atomic E-state index is 11.9. The molecule has 0 saturated heterocycles. The third kappa shape index (κ3) is 3.81. The number of hydrogen-bond donors (Lipinski definition) is 2. The van der Waals surface area contributed by atoms with Crippen LogP contribution in [0.5, 0.6) is 0 Å². The zero-order valence-electron chi connectivity index (χ0n) is 13.5. The van der Waals surface area contributed by atoms with E-state index in [0.717, 1.165) is 17.7 Å². The first-order valence-electron chi connectivity index (χ1n) is 7.49. The van der Waals surface area contributed by atoms with Crippen LogP contribution in [0.1, 0.15) is 42.3 Å². The highest BCUT2D eigenvalue weighted by atomic mass is 16.1. The van der Waals surface area contributed by atoms with Gasteiger partial charge in [0.15, 0.2) is 0 Å². The molecule has 5 heteroatoms. The van der Waals surface area contributed by atoms with E-state index in [1.54, 1.807) is 0 Å². The summed E-state index contributed by atoms with van der Waals surface area (Å²) in [4.78, 5) is 20.3. The largest absolute Gasteiger partial charge is 0.350 e. The Morgan fingerprint density at radius 2 is 1.91 bits per heavy atom. The predicted molar refractivity (Wildman–Crippen MR) is 88.5 cm³/mol. The number of anilines is 2. The minimum absolute atomic E-state index is 0.0874. The fourth-order valence-electron chi connectivity index (χ4n) is 2.17. The molecule has 0 aliphatic rings. The minimum Gasteiger partial charge on any atom is -0.350 e. The van der Waals surface area contributed by atoms with Gasteiger partial charge in [0, 0.05) is 24.1 Å². The Kier molecular flexibility index (Phi) is 5.09. The van der Waals surface area contributed by atoms with Gasteiger partial charge in [0.05, 0.1) is 5.56 Å². The Labute approximate surface area is 131 Å². The lowest BCUT2D eigenvalue weighted by Gasteiger charge is -2.13. The number of amides is 1. The van der Waals surface area contributed by atoms with Crippen LogP contribution in [-0.2, 0) is 6.42 Å². The summed E-state index contributed by atoms with van der Waals surface area (Å²) in [6.45, 7) is 7.99. The van der Waals surface area contributed by atoms with E-state index in [1.807, 2.05) is 32.9 Å². The number of aromatic nitrogens is 2. The molecule has 0 fully saturated rings. The number of hydrogen-bond acceptors (Lipinski definition) is 4. The van der Waals surface area contributed by atoms with E-state index in [1.165, 1.54) is 18.0 Å². The number of nitrogens with zero attached hydrogens (tertiary/aromatic N) is 2. The summed E-state index contributed by atoms with van der Waals surface area (Å²) in [5, 5.41) is 6.06. The number of para-hydroxylation sites is 1. The maximum absolute atomic E-state index is 11.9. The van der Waals surface area contributed by atoms with Crippen LogP contribution in [-0.4, -0.2) is 21.9 Å². The van der Waals surface area contributed by atoms with Crippen molar-refractivity contribution in [3.05, 3.63) is 47.3 Å². The van der Waals surface area contributed by atoms with E-state index in [4.69, 9.17) is 0 Å². The minimum atomic E-state index is -0.160. The van der Waals surface area contributed by atoms with Gasteiger partial charge in [0.2, 0.25) is 5.95 Å². The van der Waals surface area contributed by atoms with Crippen LogP contribution in [0.25, 0.3) is 0 Å². The lowest BCUT2D eigenvalue weighted by atomic mass is 10.1. The van der Waals surface area contributed by atoms with E-state index in [0.29, 0.717) is 11.5 Å². The Morgan fingerprint density at radius 3 is 2.50 bits per heavy atom. The van der Waals surface area contributed by atoms with Crippen LogP contribution in [0, 0.1) is 6.92 Å². The van der Waals surface area contributed by atoms with Gasteiger partial charge in [-0.2, -0.15) is 0 Å². The van der Waals surface area contributed by atoms with Gasteiger partial charge in [-0.05, 0) is 38.3 Å². The normalized spacial score (nSPS) is 10.6. The number of aryl methyl sites for hydroxylation is 2. The van der Waals surface area contributed by atoms with Crippen molar-refractivity contribution in [1.29, 1.82) is 0 Å². The van der Waals surface area contributed by atoms with Gasteiger partial charge in [-0.3, -0.25) is 4.79 Å². The second kappa shape index (κ2) is 7.02. The van der Waals surface area contributed by atoms with Gasteiger partial charge >= 0.3 is 0 Å². The summed E-state index contributed by atoms with van der Waals surface area (Å²) < 4.78 is 0. The summed E-state index contributed by atoms with van der Waals surface area (Å²) in [6, 6.07) is 6.26. The monoisotopic (exact) mass is 298 g/mol. The van der Waals surface area contributed by atoms with Crippen molar-refractivity contribution >= 4 is 17.5 Å². The predicted octanol–water partition coefficient (Wildman–Crippen LogP) is 3.23. The first-order chi connectivity index (χ1) is 10.5. The third-order valence-corrected chi connectivity index (χ3v) is 3.31.